The summed E-state index contributed by atoms with van der Waals surface area (Å²) in [7, 11) is 0. The highest BCUT2D eigenvalue weighted by atomic mass is 16.2. The molecule has 2 fully saturated rings. The molecule has 5 heteroatoms. The average molecular weight is 259 g/mol. The highest BCUT2D eigenvalue weighted by molar-refractivity contribution is 5.79. The minimum Gasteiger partial charge on any atom is -0.353 e. The molecule has 5 nitrogen and oxygen atoms in total. The first-order valence-corrected chi connectivity index (χ1v) is 6.65. The minimum absolute atomic E-state index is 0.283. The van der Waals surface area contributed by atoms with Crippen LogP contribution in [0.3, 0.4) is 0 Å². The van der Waals surface area contributed by atoms with E-state index in [4.69, 9.17) is 0 Å². The van der Waals surface area contributed by atoms with E-state index in [9.17, 15) is 9.59 Å². The van der Waals surface area contributed by atoms with Gasteiger partial charge in [-0.25, -0.2) is 4.98 Å². The Morgan fingerprint density at radius 1 is 1.42 bits per heavy atom. The Balaban J connectivity index is 1.80. The van der Waals surface area contributed by atoms with Gasteiger partial charge in [-0.3, -0.25) is 9.59 Å². The molecule has 2 aliphatic rings. The van der Waals surface area contributed by atoms with Gasteiger partial charge < -0.3 is 9.80 Å². The first-order valence-electron chi connectivity index (χ1n) is 6.65. The molecule has 0 aliphatic carbocycles. The average Bonchev–Trinajstić information content (AvgIpc) is 2.79. The summed E-state index contributed by atoms with van der Waals surface area (Å²) in [5.74, 6) is 1.22. The molecule has 0 radical (unpaired) electrons. The number of carbonyl (C=O) groups excluding carboxylic acids is 2. The Labute approximate surface area is 112 Å². The van der Waals surface area contributed by atoms with Gasteiger partial charge in [0.25, 0.3) is 0 Å². The van der Waals surface area contributed by atoms with Gasteiger partial charge in [-0.2, -0.15) is 0 Å². The second kappa shape index (κ2) is 4.64. The molecular formula is C14H17N3O2. The second-order valence-electron chi connectivity index (χ2n) is 5.25. The maximum atomic E-state index is 11.7. The van der Waals surface area contributed by atoms with E-state index in [0.29, 0.717) is 18.0 Å². The molecule has 1 aromatic rings. The largest absolute Gasteiger partial charge is 0.353 e. The first-order chi connectivity index (χ1) is 9.19. The Kier molecular flexibility index (Phi) is 2.97. The number of aryl methyl sites for hydroxylation is 1. The van der Waals surface area contributed by atoms with E-state index in [1.54, 1.807) is 6.20 Å². The Morgan fingerprint density at radius 2 is 2.26 bits per heavy atom. The number of amides is 1. The van der Waals surface area contributed by atoms with E-state index in [1.165, 1.54) is 0 Å². The summed E-state index contributed by atoms with van der Waals surface area (Å²) in [5, 5.41) is 0. The molecule has 2 aliphatic heterocycles. The Morgan fingerprint density at radius 3 is 3.00 bits per heavy atom. The summed E-state index contributed by atoms with van der Waals surface area (Å²) < 4.78 is 0. The van der Waals surface area contributed by atoms with Gasteiger partial charge in [-0.1, -0.05) is 0 Å². The van der Waals surface area contributed by atoms with Gasteiger partial charge in [0.15, 0.2) is 6.29 Å². The zero-order chi connectivity index (χ0) is 13.4. The van der Waals surface area contributed by atoms with Gasteiger partial charge >= 0.3 is 0 Å². The number of carbonyl (C=O) groups is 2. The molecule has 3 rings (SSSR count). The predicted molar refractivity (Wildman–Crippen MR) is 71.3 cm³/mol. The molecular weight excluding hydrogens is 242 g/mol. The summed E-state index contributed by atoms with van der Waals surface area (Å²) in [5.41, 5.74) is 1.62. The van der Waals surface area contributed by atoms with Crippen LogP contribution in [0.5, 0.6) is 0 Å². The second-order valence-corrected chi connectivity index (χ2v) is 5.25. The molecule has 19 heavy (non-hydrogen) atoms. The van der Waals surface area contributed by atoms with E-state index in [1.807, 2.05) is 17.9 Å². The van der Waals surface area contributed by atoms with Crippen molar-refractivity contribution in [2.24, 2.45) is 0 Å². The van der Waals surface area contributed by atoms with Crippen molar-refractivity contribution >= 4 is 18.0 Å². The molecule has 2 saturated heterocycles. The third-order valence-corrected chi connectivity index (χ3v) is 4.00. The fourth-order valence-corrected chi connectivity index (χ4v) is 3.04. The van der Waals surface area contributed by atoms with Crippen LogP contribution < -0.4 is 4.90 Å². The van der Waals surface area contributed by atoms with Crippen LogP contribution in [0.1, 0.15) is 28.8 Å². The molecule has 1 atom stereocenters. The van der Waals surface area contributed by atoms with E-state index in [0.717, 1.165) is 43.7 Å². The highest BCUT2D eigenvalue weighted by Gasteiger charge is 2.36. The monoisotopic (exact) mass is 259 g/mol. The van der Waals surface area contributed by atoms with Crippen LogP contribution in [0.25, 0.3) is 0 Å². The SMILES string of the molecule is Cc1cc(C=O)cnc1N1CCN2C(=O)CCC2C1. The molecule has 100 valence electrons. The number of hydrogen-bond acceptors (Lipinski definition) is 4. The lowest BCUT2D eigenvalue weighted by Crippen LogP contribution is -2.51. The van der Waals surface area contributed by atoms with Gasteiger partial charge in [0.05, 0.1) is 0 Å². The van der Waals surface area contributed by atoms with Crippen molar-refractivity contribution in [2.45, 2.75) is 25.8 Å². The molecule has 1 unspecified atom stereocenters. The number of aldehydes is 1. The van der Waals surface area contributed by atoms with Crippen molar-refractivity contribution in [3.63, 3.8) is 0 Å². The number of piperazine rings is 1. The van der Waals surface area contributed by atoms with Crippen molar-refractivity contribution in [3.05, 3.63) is 23.4 Å². The summed E-state index contributed by atoms with van der Waals surface area (Å²) in [4.78, 5) is 31.0. The molecule has 1 amide bonds. The standard InChI is InChI=1S/C14H17N3O2/c1-10-6-11(9-18)7-15-14(10)16-4-5-17-12(8-16)2-3-13(17)19/h6-7,9,12H,2-5,8H2,1H3. The predicted octanol–water partition coefficient (Wildman–Crippen LogP) is 1.01. The maximum absolute atomic E-state index is 11.7. The molecule has 0 spiro atoms. The van der Waals surface area contributed by atoms with Gasteiger partial charge in [-0.15, -0.1) is 0 Å². The fourth-order valence-electron chi connectivity index (χ4n) is 3.04. The van der Waals surface area contributed by atoms with E-state index < -0.39 is 0 Å². The summed E-state index contributed by atoms with van der Waals surface area (Å²) >= 11 is 0. The normalized spacial score (nSPS) is 22.6. The van der Waals surface area contributed by atoms with Gasteiger partial charge in [0.1, 0.15) is 5.82 Å². The van der Waals surface area contributed by atoms with Crippen molar-refractivity contribution in [1.82, 2.24) is 9.88 Å². The third kappa shape index (κ3) is 2.09. The van der Waals surface area contributed by atoms with Crippen molar-refractivity contribution in [3.8, 4) is 0 Å². The number of hydrogen-bond donors (Lipinski definition) is 0. The number of anilines is 1. The van der Waals surface area contributed by atoms with Crippen molar-refractivity contribution < 1.29 is 9.59 Å². The molecule has 0 bridgehead atoms. The lowest BCUT2D eigenvalue weighted by atomic mass is 10.1. The van der Waals surface area contributed by atoms with Gasteiger partial charge in [0.2, 0.25) is 5.91 Å². The van der Waals surface area contributed by atoms with Crippen molar-refractivity contribution in [1.29, 1.82) is 0 Å². The fraction of sp³-hybridized carbons (Fsp3) is 0.500. The van der Waals surface area contributed by atoms with E-state index in [-0.39, 0.29) is 5.91 Å². The Hall–Kier alpha value is -1.91. The maximum Gasteiger partial charge on any atom is 0.223 e. The minimum atomic E-state index is 0.283. The number of aromatic nitrogens is 1. The van der Waals surface area contributed by atoms with Crippen LogP contribution in [0, 0.1) is 6.92 Å². The molecule has 0 aromatic carbocycles. The molecule has 0 N–H and O–H groups in total. The van der Waals surface area contributed by atoms with Crippen LogP contribution in [-0.4, -0.2) is 47.8 Å². The zero-order valence-corrected chi connectivity index (χ0v) is 11.0. The van der Waals surface area contributed by atoms with Gasteiger partial charge in [-0.05, 0) is 25.0 Å². The van der Waals surface area contributed by atoms with Gasteiger partial charge in [0, 0.05) is 43.9 Å². The number of rotatable bonds is 2. The molecule has 3 heterocycles. The van der Waals surface area contributed by atoms with Crippen LogP contribution in [-0.2, 0) is 4.79 Å². The van der Waals surface area contributed by atoms with Crippen LogP contribution in [0.4, 0.5) is 5.82 Å². The third-order valence-electron chi connectivity index (χ3n) is 4.00. The van der Waals surface area contributed by atoms with E-state index >= 15 is 0 Å². The number of nitrogens with zero attached hydrogens (tertiary/aromatic N) is 3. The molecule has 1 aromatic heterocycles. The quantitative estimate of drug-likeness (QED) is 0.744. The lowest BCUT2D eigenvalue weighted by Gasteiger charge is -2.38. The smallest absolute Gasteiger partial charge is 0.223 e. The van der Waals surface area contributed by atoms with Crippen LogP contribution >= 0.6 is 0 Å². The summed E-state index contributed by atoms with van der Waals surface area (Å²) in [6.45, 7) is 4.41. The molecule has 0 saturated carbocycles. The summed E-state index contributed by atoms with van der Waals surface area (Å²) in [6, 6.07) is 2.19. The van der Waals surface area contributed by atoms with Crippen LogP contribution in [0.2, 0.25) is 0 Å². The zero-order valence-electron chi connectivity index (χ0n) is 11.0. The highest BCUT2D eigenvalue weighted by Crippen LogP contribution is 2.26. The summed E-state index contributed by atoms with van der Waals surface area (Å²) in [6.07, 6.45) is 4.05. The topological polar surface area (TPSA) is 53.5 Å². The number of pyridine rings is 1. The van der Waals surface area contributed by atoms with Crippen molar-refractivity contribution in [2.75, 3.05) is 24.5 Å². The van der Waals surface area contributed by atoms with Crippen LogP contribution in [0.15, 0.2) is 12.3 Å². The lowest BCUT2D eigenvalue weighted by molar-refractivity contribution is -0.129. The Bertz CT molecular complexity index is 529. The number of fused-ring (bicyclic) bond motifs is 1. The van der Waals surface area contributed by atoms with E-state index in [2.05, 4.69) is 9.88 Å². The first kappa shape index (κ1) is 12.1.